The van der Waals surface area contributed by atoms with E-state index in [1.54, 1.807) is 17.6 Å². The number of aromatic nitrogens is 1. The van der Waals surface area contributed by atoms with E-state index in [9.17, 15) is 5.11 Å². The summed E-state index contributed by atoms with van der Waals surface area (Å²) in [5.41, 5.74) is 12.5. The number of aliphatic imine (C=N–C) groups is 1. The van der Waals surface area contributed by atoms with E-state index >= 15 is 0 Å². The molecule has 0 fully saturated rings. The average Bonchev–Trinajstić information content (AvgIpc) is 3.75. The number of nitrogens with zero attached hydrogens (tertiary/aromatic N) is 2. The highest BCUT2D eigenvalue weighted by Gasteiger charge is 2.25. The van der Waals surface area contributed by atoms with Crippen LogP contribution in [0.5, 0.6) is 5.75 Å². The summed E-state index contributed by atoms with van der Waals surface area (Å²) in [5.74, 6) is 0.733. The lowest BCUT2D eigenvalue weighted by atomic mass is 9.79. The second-order valence-electron chi connectivity index (χ2n) is 16.7. The third-order valence-electron chi connectivity index (χ3n) is 10.4. The standard InChI is InChI=1S/C49H46N2O2S/c1-29(2)30-20-22-31(23-21-30)32-25-39(37-17-13-16-36-35-14-10-12-19-42(35)53-46(36)37)44-43(26-32)54-47(51-44)38-15-9-11-18-41(38)50-28-33-24-34(48(3,4)5)27-40(45(33)52)49(6,7)8/h9-29,52H,1-8H3. The summed E-state index contributed by atoms with van der Waals surface area (Å²) < 4.78 is 7.65. The van der Waals surface area contributed by atoms with Gasteiger partial charge in [0.15, 0.2) is 0 Å². The summed E-state index contributed by atoms with van der Waals surface area (Å²) in [4.78, 5) is 10.4. The van der Waals surface area contributed by atoms with Gasteiger partial charge in [-0.3, -0.25) is 4.99 Å². The van der Waals surface area contributed by atoms with Crippen molar-refractivity contribution in [3.8, 4) is 38.6 Å². The number of para-hydroxylation sites is 3. The van der Waals surface area contributed by atoms with Gasteiger partial charge in [0.25, 0.3) is 0 Å². The lowest BCUT2D eigenvalue weighted by molar-refractivity contribution is 0.444. The van der Waals surface area contributed by atoms with Crippen molar-refractivity contribution in [2.24, 2.45) is 4.99 Å². The zero-order valence-electron chi connectivity index (χ0n) is 32.3. The Labute approximate surface area is 321 Å². The fraction of sp³-hybridized carbons (Fsp3) is 0.224. The Bertz CT molecular complexity index is 2720. The number of rotatable bonds is 6. The zero-order valence-corrected chi connectivity index (χ0v) is 33.1. The van der Waals surface area contributed by atoms with Gasteiger partial charge in [-0.2, -0.15) is 0 Å². The third kappa shape index (κ3) is 6.51. The SMILES string of the molecule is CC(C)c1ccc(-c2cc(-c3cccc4c3oc3ccccc34)c3nc(-c4ccccc4N=Cc4cc(C(C)(C)C)cc(C(C)(C)C)c4O)sc3c2)cc1. The number of phenolic OH excluding ortho intramolecular Hbond substituents is 1. The number of furan rings is 1. The molecule has 0 spiro atoms. The molecule has 5 heteroatoms. The predicted octanol–water partition coefficient (Wildman–Crippen LogP) is 14.4. The van der Waals surface area contributed by atoms with Crippen LogP contribution in [0.3, 0.4) is 0 Å². The first-order valence-corrected chi connectivity index (χ1v) is 19.5. The van der Waals surface area contributed by atoms with Crippen LogP contribution in [0.1, 0.15) is 83.6 Å². The van der Waals surface area contributed by atoms with E-state index in [-0.39, 0.29) is 16.6 Å². The molecule has 0 aliphatic heterocycles. The first-order valence-electron chi connectivity index (χ1n) is 18.7. The van der Waals surface area contributed by atoms with Crippen molar-refractivity contribution in [1.29, 1.82) is 0 Å². The minimum absolute atomic E-state index is 0.0884. The highest BCUT2D eigenvalue weighted by molar-refractivity contribution is 7.21. The molecule has 270 valence electrons. The smallest absolute Gasteiger partial charge is 0.143 e. The number of benzene rings is 6. The van der Waals surface area contributed by atoms with Gasteiger partial charge in [0.05, 0.1) is 15.9 Å². The van der Waals surface area contributed by atoms with Crippen LogP contribution in [0, 0.1) is 0 Å². The summed E-state index contributed by atoms with van der Waals surface area (Å²) in [6, 6.07) is 40.4. The van der Waals surface area contributed by atoms with Crippen LogP contribution in [-0.4, -0.2) is 16.3 Å². The van der Waals surface area contributed by atoms with Gasteiger partial charge in [-0.25, -0.2) is 4.98 Å². The molecule has 1 N–H and O–H groups in total. The van der Waals surface area contributed by atoms with Crippen molar-refractivity contribution in [1.82, 2.24) is 4.98 Å². The van der Waals surface area contributed by atoms with Crippen LogP contribution in [0.15, 0.2) is 125 Å². The van der Waals surface area contributed by atoms with Gasteiger partial charge in [0.2, 0.25) is 0 Å². The first-order chi connectivity index (χ1) is 25.8. The topological polar surface area (TPSA) is 58.6 Å². The lowest BCUT2D eigenvalue weighted by Gasteiger charge is -2.27. The van der Waals surface area contributed by atoms with Crippen molar-refractivity contribution < 1.29 is 9.52 Å². The van der Waals surface area contributed by atoms with Crippen molar-refractivity contribution in [3.63, 3.8) is 0 Å². The van der Waals surface area contributed by atoms with Crippen molar-refractivity contribution in [3.05, 3.63) is 138 Å². The van der Waals surface area contributed by atoms with Crippen LogP contribution < -0.4 is 0 Å². The highest BCUT2D eigenvalue weighted by Crippen LogP contribution is 2.45. The van der Waals surface area contributed by atoms with E-state index in [0.29, 0.717) is 11.5 Å². The fourth-order valence-electron chi connectivity index (χ4n) is 7.20. The molecule has 8 aromatic rings. The van der Waals surface area contributed by atoms with Gasteiger partial charge >= 0.3 is 0 Å². The van der Waals surface area contributed by atoms with Crippen LogP contribution in [0.4, 0.5) is 5.69 Å². The normalized spacial score (nSPS) is 12.6. The number of thiazole rings is 1. The summed E-state index contributed by atoms with van der Waals surface area (Å²) in [6.45, 7) is 17.4. The van der Waals surface area contributed by atoms with E-state index < -0.39 is 0 Å². The Balaban J connectivity index is 1.30. The maximum Gasteiger partial charge on any atom is 0.143 e. The van der Waals surface area contributed by atoms with Crippen molar-refractivity contribution >= 4 is 55.4 Å². The monoisotopic (exact) mass is 726 g/mol. The molecule has 0 amide bonds. The van der Waals surface area contributed by atoms with Crippen LogP contribution in [0.25, 0.3) is 65.0 Å². The van der Waals surface area contributed by atoms with Crippen molar-refractivity contribution in [2.75, 3.05) is 0 Å². The lowest BCUT2D eigenvalue weighted by Crippen LogP contribution is -2.17. The Hall–Kier alpha value is -5.52. The average molecular weight is 727 g/mol. The maximum absolute atomic E-state index is 11.5. The molecule has 6 aromatic carbocycles. The summed E-state index contributed by atoms with van der Waals surface area (Å²) in [5, 5.41) is 14.6. The van der Waals surface area contributed by atoms with Crippen LogP contribution >= 0.6 is 11.3 Å². The molecule has 0 bridgehead atoms. The predicted molar refractivity (Wildman–Crippen MR) is 230 cm³/mol. The second-order valence-corrected chi connectivity index (χ2v) is 17.7. The van der Waals surface area contributed by atoms with Crippen LogP contribution in [0.2, 0.25) is 0 Å². The summed E-state index contributed by atoms with van der Waals surface area (Å²) in [7, 11) is 0. The molecule has 0 unspecified atom stereocenters. The molecular formula is C49H46N2O2S. The van der Waals surface area contributed by atoms with Gasteiger partial charge in [-0.15, -0.1) is 11.3 Å². The molecule has 0 saturated heterocycles. The zero-order chi connectivity index (χ0) is 37.9. The Morgan fingerprint density at radius 1 is 0.704 bits per heavy atom. The third-order valence-corrected chi connectivity index (χ3v) is 11.4. The second kappa shape index (κ2) is 13.4. The van der Waals surface area contributed by atoms with E-state index in [1.165, 1.54) is 5.56 Å². The van der Waals surface area contributed by atoms with E-state index in [1.807, 2.05) is 30.3 Å². The number of hydrogen-bond acceptors (Lipinski definition) is 5. The fourth-order valence-corrected chi connectivity index (χ4v) is 8.27. The summed E-state index contributed by atoms with van der Waals surface area (Å²) >= 11 is 1.67. The van der Waals surface area contributed by atoms with Gasteiger partial charge in [0, 0.05) is 44.8 Å². The van der Waals surface area contributed by atoms with E-state index in [2.05, 4.69) is 140 Å². The Morgan fingerprint density at radius 3 is 2.15 bits per heavy atom. The molecule has 2 heterocycles. The number of hydrogen-bond donors (Lipinski definition) is 1. The summed E-state index contributed by atoms with van der Waals surface area (Å²) in [6.07, 6.45) is 1.80. The molecule has 8 rings (SSSR count). The largest absolute Gasteiger partial charge is 0.507 e. The Kier molecular flexibility index (Phi) is 8.81. The van der Waals surface area contributed by atoms with E-state index in [0.717, 1.165) is 81.8 Å². The highest BCUT2D eigenvalue weighted by atomic mass is 32.1. The number of aromatic hydroxyl groups is 1. The Morgan fingerprint density at radius 2 is 1.41 bits per heavy atom. The molecular weight excluding hydrogens is 681 g/mol. The molecule has 4 nitrogen and oxygen atoms in total. The minimum Gasteiger partial charge on any atom is -0.507 e. The van der Waals surface area contributed by atoms with Gasteiger partial charge in [-0.1, -0.05) is 134 Å². The van der Waals surface area contributed by atoms with E-state index in [4.69, 9.17) is 14.4 Å². The molecule has 0 atom stereocenters. The van der Waals surface area contributed by atoms with Crippen LogP contribution in [-0.2, 0) is 10.8 Å². The van der Waals surface area contributed by atoms with Crippen molar-refractivity contribution in [2.45, 2.75) is 72.1 Å². The number of phenols is 1. The maximum atomic E-state index is 11.5. The number of fused-ring (bicyclic) bond motifs is 4. The molecule has 2 aromatic heterocycles. The van der Waals surface area contributed by atoms with Gasteiger partial charge in [-0.05, 0) is 75.4 Å². The quantitative estimate of drug-likeness (QED) is 0.174. The minimum atomic E-state index is -0.230. The van der Waals surface area contributed by atoms with Gasteiger partial charge in [0.1, 0.15) is 21.9 Å². The first kappa shape index (κ1) is 35.5. The molecule has 54 heavy (non-hydrogen) atoms. The molecule has 0 aliphatic carbocycles. The molecule has 0 aliphatic rings. The molecule has 0 saturated carbocycles. The molecule has 0 radical (unpaired) electrons. The van der Waals surface area contributed by atoms with Gasteiger partial charge < -0.3 is 9.52 Å².